The van der Waals surface area contributed by atoms with Crippen molar-refractivity contribution in [3.63, 3.8) is 0 Å². The Morgan fingerprint density at radius 1 is 1.10 bits per heavy atom. The van der Waals surface area contributed by atoms with E-state index in [4.69, 9.17) is 4.74 Å². The summed E-state index contributed by atoms with van der Waals surface area (Å²) in [6.07, 6.45) is -0.0679. The maximum atomic E-state index is 12.9. The molecule has 8 heteroatoms. The second-order valence-electron chi connectivity index (χ2n) is 7.78. The molecule has 2 unspecified atom stereocenters. The summed E-state index contributed by atoms with van der Waals surface area (Å²) in [5, 5.41) is 3.52. The van der Waals surface area contributed by atoms with E-state index in [-0.39, 0.29) is 11.0 Å². The van der Waals surface area contributed by atoms with Gasteiger partial charge in [-0.3, -0.25) is 4.72 Å². The van der Waals surface area contributed by atoms with Crippen LogP contribution >= 0.6 is 22.6 Å². The van der Waals surface area contributed by atoms with E-state index < -0.39 is 10.0 Å². The number of anilines is 2. The fourth-order valence-corrected chi connectivity index (χ4v) is 4.93. The Kier molecular flexibility index (Phi) is 6.95. The van der Waals surface area contributed by atoms with Crippen molar-refractivity contribution in [3.8, 4) is 5.75 Å². The van der Waals surface area contributed by atoms with Gasteiger partial charge in [0.25, 0.3) is 10.0 Å². The summed E-state index contributed by atoms with van der Waals surface area (Å²) in [5.74, 6) is 0.522. The van der Waals surface area contributed by atoms with Gasteiger partial charge in [-0.2, -0.15) is 0 Å². The molecular weight excluding hydrogens is 501 g/mol. The number of halogens is 1. The lowest BCUT2D eigenvalue weighted by Crippen LogP contribution is -2.54. The van der Waals surface area contributed by atoms with Crippen LogP contribution in [0.3, 0.4) is 0 Å². The molecule has 158 valence electrons. The van der Waals surface area contributed by atoms with Crippen LogP contribution in [-0.4, -0.2) is 39.7 Å². The fraction of sp³-hybridized carbons (Fsp3) is 0.429. The molecule has 1 saturated heterocycles. The van der Waals surface area contributed by atoms with Crippen LogP contribution in [0.1, 0.15) is 27.7 Å². The summed E-state index contributed by atoms with van der Waals surface area (Å²) >= 11 is 2.15. The molecule has 0 radical (unpaired) electrons. The standard InChI is InChI=1S/C21H28IN3O3S/c1-14(2)28-21-10-7-18(25-12-15(3)23-16(4)13-25)11-20(21)24-29(26,27)19-8-5-17(22)6-9-19/h5-11,14-16,23-24H,12-13H2,1-4H3. The number of ether oxygens (including phenoxy) is 1. The van der Waals surface area contributed by atoms with Crippen molar-refractivity contribution in [1.82, 2.24) is 5.32 Å². The maximum Gasteiger partial charge on any atom is 0.262 e. The lowest BCUT2D eigenvalue weighted by Gasteiger charge is -2.38. The van der Waals surface area contributed by atoms with Crippen LogP contribution in [0.15, 0.2) is 47.4 Å². The molecule has 3 rings (SSSR count). The quantitative estimate of drug-likeness (QED) is 0.553. The summed E-state index contributed by atoms with van der Waals surface area (Å²) in [6, 6.07) is 13.2. The van der Waals surface area contributed by atoms with Crippen LogP contribution in [0.5, 0.6) is 5.75 Å². The minimum atomic E-state index is -3.72. The minimum Gasteiger partial charge on any atom is -0.489 e. The lowest BCUT2D eigenvalue weighted by molar-refractivity contribution is 0.244. The van der Waals surface area contributed by atoms with Gasteiger partial charge in [0.1, 0.15) is 5.75 Å². The molecule has 1 heterocycles. The van der Waals surface area contributed by atoms with Gasteiger partial charge >= 0.3 is 0 Å². The topological polar surface area (TPSA) is 70.7 Å². The Bertz CT molecular complexity index is 938. The molecule has 0 bridgehead atoms. The summed E-state index contributed by atoms with van der Waals surface area (Å²) in [5.41, 5.74) is 1.43. The van der Waals surface area contributed by atoms with E-state index in [9.17, 15) is 8.42 Å². The Hall–Kier alpha value is -1.52. The SMILES string of the molecule is CC1CN(c2ccc(OC(C)C)c(NS(=O)(=O)c3ccc(I)cc3)c2)CC(C)N1. The molecule has 29 heavy (non-hydrogen) atoms. The molecule has 2 N–H and O–H groups in total. The van der Waals surface area contributed by atoms with Crippen molar-refractivity contribution in [2.75, 3.05) is 22.7 Å². The molecule has 0 saturated carbocycles. The van der Waals surface area contributed by atoms with Crippen LogP contribution in [0, 0.1) is 3.57 Å². The first-order valence-corrected chi connectivity index (χ1v) is 12.3. The average Bonchev–Trinajstić information content (AvgIpc) is 2.62. The number of benzene rings is 2. The predicted molar refractivity (Wildman–Crippen MR) is 126 cm³/mol. The van der Waals surface area contributed by atoms with Crippen molar-refractivity contribution in [3.05, 3.63) is 46.0 Å². The molecule has 6 nitrogen and oxygen atoms in total. The Balaban J connectivity index is 1.94. The first-order chi connectivity index (χ1) is 13.6. The van der Waals surface area contributed by atoms with E-state index in [2.05, 4.69) is 51.4 Å². The predicted octanol–water partition coefficient (Wildman–Crippen LogP) is 4.07. The van der Waals surface area contributed by atoms with Gasteiger partial charge in [-0.1, -0.05) is 0 Å². The number of hydrogen-bond donors (Lipinski definition) is 2. The van der Waals surface area contributed by atoms with Gasteiger partial charge < -0.3 is 15.0 Å². The van der Waals surface area contributed by atoms with Crippen LogP contribution in [0.25, 0.3) is 0 Å². The molecule has 0 aromatic heterocycles. The second kappa shape index (κ2) is 9.09. The number of sulfonamides is 1. The highest BCUT2D eigenvalue weighted by Crippen LogP contribution is 2.33. The zero-order chi connectivity index (χ0) is 21.2. The zero-order valence-electron chi connectivity index (χ0n) is 17.1. The van der Waals surface area contributed by atoms with Crippen molar-refractivity contribution in [2.45, 2.75) is 50.8 Å². The van der Waals surface area contributed by atoms with Gasteiger partial charge in [-0.15, -0.1) is 0 Å². The Morgan fingerprint density at radius 2 is 1.72 bits per heavy atom. The van der Waals surface area contributed by atoms with Gasteiger partial charge in [-0.25, -0.2) is 8.42 Å². The van der Waals surface area contributed by atoms with Crippen LogP contribution in [-0.2, 0) is 10.0 Å². The van der Waals surface area contributed by atoms with Gasteiger partial charge in [0, 0.05) is 34.4 Å². The molecule has 1 aliphatic rings. The first kappa shape index (κ1) is 22.2. The summed E-state index contributed by atoms with van der Waals surface area (Å²) < 4.78 is 35.5. The van der Waals surface area contributed by atoms with E-state index >= 15 is 0 Å². The number of rotatable bonds is 6. The van der Waals surface area contributed by atoms with Crippen molar-refractivity contribution in [1.29, 1.82) is 0 Å². The van der Waals surface area contributed by atoms with Crippen LogP contribution in [0.4, 0.5) is 11.4 Å². The maximum absolute atomic E-state index is 12.9. The fourth-order valence-electron chi connectivity index (χ4n) is 3.51. The lowest BCUT2D eigenvalue weighted by atomic mass is 10.1. The third kappa shape index (κ3) is 5.76. The monoisotopic (exact) mass is 529 g/mol. The van der Waals surface area contributed by atoms with E-state index in [1.54, 1.807) is 24.3 Å². The third-order valence-electron chi connectivity index (χ3n) is 4.62. The number of nitrogens with one attached hydrogen (secondary N) is 2. The summed E-state index contributed by atoms with van der Waals surface area (Å²) in [4.78, 5) is 2.50. The van der Waals surface area contributed by atoms with Crippen LogP contribution < -0.4 is 19.7 Å². The van der Waals surface area contributed by atoms with E-state index in [1.165, 1.54) is 0 Å². The smallest absolute Gasteiger partial charge is 0.262 e. The Morgan fingerprint density at radius 3 is 2.31 bits per heavy atom. The van der Waals surface area contributed by atoms with E-state index in [0.29, 0.717) is 23.5 Å². The Labute approximate surface area is 187 Å². The second-order valence-corrected chi connectivity index (χ2v) is 10.7. The molecular formula is C21H28IN3O3S. The van der Waals surface area contributed by atoms with Gasteiger partial charge in [-0.05, 0) is 92.8 Å². The highest BCUT2D eigenvalue weighted by Gasteiger charge is 2.23. The molecule has 2 atom stereocenters. The van der Waals surface area contributed by atoms with Crippen molar-refractivity contribution >= 4 is 44.0 Å². The highest BCUT2D eigenvalue weighted by molar-refractivity contribution is 14.1. The van der Waals surface area contributed by atoms with E-state index in [1.807, 2.05) is 32.0 Å². The van der Waals surface area contributed by atoms with Gasteiger partial charge in [0.2, 0.25) is 0 Å². The van der Waals surface area contributed by atoms with E-state index in [0.717, 1.165) is 22.3 Å². The average molecular weight is 529 g/mol. The molecule has 2 aromatic carbocycles. The van der Waals surface area contributed by atoms with Crippen LogP contribution in [0.2, 0.25) is 0 Å². The normalized spacial score (nSPS) is 20.0. The zero-order valence-corrected chi connectivity index (χ0v) is 20.1. The molecule has 0 spiro atoms. The highest BCUT2D eigenvalue weighted by atomic mass is 127. The number of nitrogens with zero attached hydrogens (tertiary/aromatic N) is 1. The summed E-state index contributed by atoms with van der Waals surface area (Å²) in [6.45, 7) is 9.87. The number of hydrogen-bond acceptors (Lipinski definition) is 5. The molecule has 0 aliphatic carbocycles. The minimum absolute atomic E-state index is 0.0679. The summed E-state index contributed by atoms with van der Waals surface area (Å²) in [7, 11) is -3.72. The van der Waals surface area contributed by atoms with Gasteiger partial charge in [0.05, 0.1) is 16.7 Å². The van der Waals surface area contributed by atoms with Gasteiger partial charge in [0.15, 0.2) is 0 Å². The van der Waals surface area contributed by atoms with Crippen molar-refractivity contribution < 1.29 is 13.2 Å². The molecule has 1 fully saturated rings. The molecule has 1 aliphatic heterocycles. The third-order valence-corrected chi connectivity index (χ3v) is 6.72. The molecule has 0 amide bonds. The largest absolute Gasteiger partial charge is 0.489 e. The molecule has 2 aromatic rings. The number of piperazine rings is 1. The first-order valence-electron chi connectivity index (χ1n) is 9.74. The van der Waals surface area contributed by atoms with Crippen molar-refractivity contribution in [2.24, 2.45) is 0 Å².